The lowest BCUT2D eigenvalue weighted by Gasteiger charge is -2.21. The van der Waals surface area contributed by atoms with Crippen molar-refractivity contribution in [3.8, 4) is 0 Å². The maximum atomic E-state index is 12.3. The van der Waals surface area contributed by atoms with Crippen LogP contribution in [-0.2, 0) is 0 Å². The average Bonchev–Trinajstić information content (AvgIpc) is 2.73. The van der Waals surface area contributed by atoms with E-state index in [1.165, 1.54) is 12.8 Å². The van der Waals surface area contributed by atoms with E-state index in [1.54, 1.807) is 12.1 Å². The lowest BCUT2D eigenvalue weighted by molar-refractivity contribution is 0.0926. The number of amides is 1. The van der Waals surface area contributed by atoms with Gasteiger partial charge in [0.05, 0.1) is 10.0 Å². The van der Waals surface area contributed by atoms with E-state index in [9.17, 15) is 4.79 Å². The second-order valence-electron chi connectivity index (χ2n) is 5.39. The fourth-order valence-corrected chi connectivity index (χ4v) is 3.44. The van der Waals surface area contributed by atoms with Gasteiger partial charge in [-0.2, -0.15) is 0 Å². The molecule has 104 valence electrons. The zero-order chi connectivity index (χ0) is 14.0. The van der Waals surface area contributed by atoms with Crippen LogP contribution in [0.15, 0.2) is 22.7 Å². The second kappa shape index (κ2) is 5.95. The smallest absolute Gasteiger partial charge is 0.252 e. The van der Waals surface area contributed by atoms with Crippen LogP contribution in [0.25, 0.3) is 0 Å². The van der Waals surface area contributed by atoms with Gasteiger partial charge in [0.1, 0.15) is 0 Å². The molecule has 0 heterocycles. The molecule has 1 saturated carbocycles. The van der Waals surface area contributed by atoms with Crippen molar-refractivity contribution < 1.29 is 4.79 Å². The quantitative estimate of drug-likeness (QED) is 0.835. The highest BCUT2D eigenvalue weighted by molar-refractivity contribution is 9.10. The molecule has 0 bridgehead atoms. The molecule has 2 rings (SSSR count). The lowest BCUT2D eigenvalue weighted by atomic mass is 9.93. The van der Waals surface area contributed by atoms with E-state index in [2.05, 4.69) is 35.1 Å². The second-order valence-corrected chi connectivity index (χ2v) is 6.19. The molecule has 1 fully saturated rings. The third-order valence-corrected chi connectivity index (χ3v) is 5.23. The van der Waals surface area contributed by atoms with Crippen LogP contribution in [-0.4, -0.2) is 11.9 Å². The predicted octanol–water partition coefficient (Wildman–Crippen LogP) is 3.59. The fourth-order valence-electron chi connectivity index (χ4n) is 3.00. The maximum absolute atomic E-state index is 12.3. The SMILES string of the molecule is CCC1CCC(NC(=O)c2cccc(N)c2Br)C1C. The molecular weight excluding hydrogens is 304 g/mol. The Morgan fingerprint density at radius 3 is 2.84 bits per heavy atom. The summed E-state index contributed by atoms with van der Waals surface area (Å²) >= 11 is 3.38. The van der Waals surface area contributed by atoms with E-state index in [-0.39, 0.29) is 11.9 Å². The van der Waals surface area contributed by atoms with Crippen molar-refractivity contribution in [2.75, 3.05) is 5.73 Å². The van der Waals surface area contributed by atoms with Gasteiger partial charge in [-0.25, -0.2) is 0 Å². The van der Waals surface area contributed by atoms with Crippen LogP contribution in [0, 0.1) is 11.8 Å². The molecule has 4 heteroatoms. The summed E-state index contributed by atoms with van der Waals surface area (Å²) in [6.07, 6.45) is 3.47. The van der Waals surface area contributed by atoms with Gasteiger partial charge in [0.15, 0.2) is 0 Å². The van der Waals surface area contributed by atoms with Crippen LogP contribution in [0.5, 0.6) is 0 Å². The first-order valence-electron chi connectivity index (χ1n) is 6.89. The molecule has 3 unspecified atom stereocenters. The molecular formula is C15H21BrN2O. The largest absolute Gasteiger partial charge is 0.398 e. The maximum Gasteiger partial charge on any atom is 0.252 e. The minimum atomic E-state index is -0.0345. The molecule has 3 atom stereocenters. The Bertz CT molecular complexity index is 475. The number of nitrogens with one attached hydrogen (secondary N) is 1. The Kier molecular flexibility index (Phi) is 4.50. The van der Waals surface area contributed by atoms with Crippen molar-refractivity contribution >= 4 is 27.5 Å². The zero-order valence-electron chi connectivity index (χ0n) is 11.4. The molecule has 3 nitrogen and oxygen atoms in total. The minimum Gasteiger partial charge on any atom is -0.398 e. The normalized spacial score (nSPS) is 26.4. The third kappa shape index (κ3) is 2.94. The molecule has 1 aliphatic rings. The summed E-state index contributed by atoms with van der Waals surface area (Å²) in [6, 6.07) is 5.67. The van der Waals surface area contributed by atoms with Gasteiger partial charge in [-0.05, 0) is 52.7 Å². The summed E-state index contributed by atoms with van der Waals surface area (Å²) in [5, 5.41) is 3.15. The Labute approximate surface area is 123 Å². The van der Waals surface area contributed by atoms with Crippen LogP contribution >= 0.6 is 15.9 Å². The van der Waals surface area contributed by atoms with E-state index in [1.807, 2.05) is 6.07 Å². The molecule has 3 N–H and O–H groups in total. The van der Waals surface area contributed by atoms with Crippen molar-refractivity contribution in [3.05, 3.63) is 28.2 Å². The first kappa shape index (κ1) is 14.4. The monoisotopic (exact) mass is 324 g/mol. The van der Waals surface area contributed by atoms with Crippen molar-refractivity contribution in [3.63, 3.8) is 0 Å². The number of anilines is 1. The molecule has 1 amide bonds. The number of hydrogen-bond donors (Lipinski definition) is 2. The van der Waals surface area contributed by atoms with Crippen LogP contribution in [0.4, 0.5) is 5.69 Å². The van der Waals surface area contributed by atoms with Gasteiger partial charge in [-0.3, -0.25) is 4.79 Å². The van der Waals surface area contributed by atoms with Crippen LogP contribution in [0.3, 0.4) is 0 Å². The Morgan fingerprint density at radius 1 is 1.47 bits per heavy atom. The molecule has 1 aromatic carbocycles. The Balaban J connectivity index is 2.08. The van der Waals surface area contributed by atoms with Crippen LogP contribution in [0.2, 0.25) is 0 Å². The highest BCUT2D eigenvalue weighted by atomic mass is 79.9. The Morgan fingerprint density at radius 2 is 2.21 bits per heavy atom. The number of halogens is 1. The standard InChI is InChI=1S/C15H21BrN2O/c1-3-10-7-8-13(9(10)2)18-15(19)11-5-4-6-12(17)14(11)16/h4-6,9-10,13H,3,7-8,17H2,1-2H3,(H,18,19). The number of nitrogen functional groups attached to an aromatic ring is 1. The highest BCUT2D eigenvalue weighted by Gasteiger charge is 2.32. The molecule has 0 aromatic heterocycles. The zero-order valence-corrected chi connectivity index (χ0v) is 13.0. The minimum absolute atomic E-state index is 0.0345. The fraction of sp³-hybridized carbons (Fsp3) is 0.533. The van der Waals surface area contributed by atoms with E-state index in [4.69, 9.17) is 5.73 Å². The van der Waals surface area contributed by atoms with Gasteiger partial charge < -0.3 is 11.1 Å². The number of hydrogen-bond acceptors (Lipinski definition) is 2. The Hall–Kier alpha value is -1.03. The molecule has 0 aliphatic heterocycles. The number of rotatable bonds is 3. The number of benzene rings is 1. The van der Waals surface area contributed by atoms with Gasteiger partial charge in [-0.15, -0.1) is 0 Å². The van der Waals surface area contributed by atoms with Gasteiger partial charge in [0, 0.05) is 11.7 Å². The van der Waals surface area contributed by atoms with Crippen molar-refractivity contribution in [2.24, 2.45) is 11.8 Å². The number of carbonyl (C=O) groups excluding carboxylic acids is 1. The first-order chi connectivity index (χ1) is 9.04. The number of carbonyl (C=O) groups is 1. The third-order valence-electron chi connectivity index (χ3n) is 4.34. The van der Waals surface area contributed by atoms with Crippen molar-refractivity contribution in [1.82, 2.24) is 5.32 Å². The number of nitrogens with two attached hydrogens (primary N) is 1. The summed E-state index contributed by atoms with van der Waals surface area (Å²) in [4.78, 5) is 12.3. The van der Waals surface area contributed by atoms with Crippen LogP contribution < -0.4 is 11.1 Å². The highest BCUT2D eigenvalue weighted by Crippen LogP contribution is 2.34. The molecule has 0 radical (unpaired) electrons. The average molecular weight is 325 g/mol. The molecule has 0 spiro atoms. The first-order valence-corrected chi connectivity index (χ1v) is 7.68. The summed E-state index contributed by atoms with van der Waals surface area (Å²) in [7, 11) is 0. The van der Waals surface area contributed by atoms with Crippen molar-refractivity contribution in [1.29, 1.82) is 0 Å². The van der Waals surface area contributed by atoms with Gasteiger partial charge >= 0.3 is 0 Å². The van der Waals surface area contributed by atoms with E-state index in [0.29, 0.717) is 21.6 Å². The predicted molar refractivity (Wildman–Crippen MR) is 82.0 cm³/mol. The molecule has 1 aromatic rings. The topological polar surface area (TPSA) is 55.1 Å². The van der Waals surface area contributed by atoms with Gasteiger partial charge in [0.25, 0.3) is 5.91 Å². The lowest BCUT2D eigenvalue weighted by Crippen LogP contribution is -2.37. The molecule has 1 aliphatic carbocycles. The van der Waals surface area contributed by atoms with Crippen LogP contribution in [0.1, 0.15) is 43.5 Å². The van der Waals surface area contributed by atoms with Crippen molar-refractivity contribution in [2.45, 2.75) is 39.2 Å². The summed E-state index contributed by atoms with van der Waals surface area (Å²) in [5.74, 6) is 1.25. The van der Waals surface area contributed by atoms with Gasteiger partial charge in [-0.1, -0.05) is 26.3 Å². The molecule has 19 heavy (non-hydrogen) atoms. The molecule has 0 saturated heterocycles. The summed E-state index contributed by atoms with van der Waals surface area (Å²) < 4.78 is 0.685. The van der Waals surface area contributed by atoms with Gasteiger partial charge in [0.2, 0.25) is 0 Å². The summed E-state index contributed by atoms with van der Waals surface area (Å²) in [5.41, 5.74) is 7.02. The summed E-state index contributed by atoms with van der Waals surface area (Å²) in [6.45, 7) is 4.46. The van der Waals surface area contributed by atoms with E-state index in [0.717, 1.165) is 12.3 Å². The van der Waals surface area contributed by atoms with E-state index < -0.39 is 0 Å². The van der Waals surface area contributed by atoms with E-state index >= 15 is 0 Å².